The normalized spacial score (nSPS) is 32.4. The SMILES string of the molecule is COc1c(O)cc(-c2oc3cc(O[C@@H]4O[C@H](C)[C@H](O)[C@H](O)[C@H]4O)cc(O)c3c(=O)c2O[C@@H]2O[C@@H](C)[C@H](O)[C@@H](O)[C@@H]2O)cc1O. The fourth-order valence-corrected chi connectivity index (χ4v) is 5.03. The second-order valence-electron chi connectivity index (χ2n) is 10.6. The molecule has 0 unspecified atom stereocenters. The van der Waals surface area contributed by atoms with Crippen LogP contribution in [-0.2, 0) is 9.47 Å². The van der Waals surface area contributed by atoms with Crippen LogP contribution in [0.15, 0.2) is 33.5 Å². The maximum Gasteiger partial charge on any atom is 0.239 e. The average Bonchev–Trinajstić information content (AvgIpc) is 2.97. The molecule has 0 spiro atoms. The zero-order valence-electron chi connectivity index (χ0n) is 23.5. The Labute approximate surface area is 248 Å². The Bertz CT molecular complexity index is 1570. The van der Waals surface area contributed by atoms with Crippen molar-refractivity contribution in [3.63, 3.8) is 0 Å². The van der Waals surface area contributed by atoms with Crippen molar-refractivity contribution in [3.05, 3.63) is 34.5 Å². The van der Waals surface area contributed by atoms with Crippen LogP contribution in [0.25, 0.3) is 22.3 Å². The van der Waals surface area contributed by atoms with Crippen molar-refractivity contribution < 1.29 is 74.1 Å². The van der Waals surface area contributed by atoms with Crippen molar-refractivity contribution in [2.45, 2.75) is 75.3 Å². The number of phenolic OH excluding ortho intramolecular Hbond substituents is 3. The Kier molecular flexibility index (Phi) is 8.54. The number of aliphatic hydroxyl groups is 6. The van der Waals surface area contributed by atoms with Crippen LogP contribution in [-0.4, -0.2) is 114 Å². The number of ether oxygens (including phenoxy) is 5. The number of hydrogen-bond donors (Lipinski definition) is 9. The first-order valence-electron chi connectivity index (χ1n) is 13.4. The van der Waals surface area contributed by atoms with Crippen LogP contribution >= 0.6 is 0 Å². The highest BCUT2D eigenvalue weighted by atomic mass is 16.7. The van der Waals surface area contributed by atoms with Crippen LogP contribution in [0.5, 0.6) is 34.5 Å². The molecule has 3 aromatic rings. The monoisotopic (exact) mass is 624 g/mol. The molecule has 2 aliphatic rings. The Morgan fingerprint density at radius 2 is 1.18 bits per heavy atom. The molecular formula is C28H32O16. The van der Waals surface area contributed by atoms with Crippen LogP contribution < -0.4 is 19.6 Å². The molecular weight excluding hydrogens is 592 g/mol. The van der Waals surface area contributed by atoms with E-state index in [1.54, 1.807) is 0 Å². The van der Waals surface area contributed by atoms with E-state index in [0.717, 1.165) is 24.3 Å². The van der Waals surface area contributed by atoms with Gasteiger partial charge in [-0.05, 0) is 26.0 Å². The molecule has 16 heteroatoms. The summed E-state index contributed by atoms with van der Waals surface area (Å²) in [6, 6.07) is 4.25. The van der Waals surface area contributed by atoms with E-state index in [-0.39, 0.29) is 22.6 Å². The maximum absolute atomic E-state index is 13.8. The average molecular weight is 625 g/mol. The van der Waals surface area contributed by atoms with Crippen LogP contribution in [0.2, 0.25) is 0 Å². The minimum atomic E-state index is -1.84. The van der Waals surface area contributed by atoms with E-state index < -0.39 is 101 Å². The lowest BCUT2D eigenvalue weighted by atomic mass is 10.00. The molecule has 16 nitrogen and oxygen atoms in total. The molecule has 0 amide bonds. The molecule has 9 N–H and O–H groups in total. The summed E-state index contributed by atoms with van der Waals surface area (Å²) in [5.74, 6) is -3.44. The van der Waals surface area contributed by atoms with Crippen molar-refractivity contribution in [1.82, 2.24) is 0 Å². The summed E-state index contributed by atoms with van der Waals surface area (Å²) in [6.07, 6.45) is -15.0. The number of aromatic hydroxyl groups is 3. The third-order valence-electron chi connectivity index (χ3n) is 7.53. The highest BCUT2D eigenvalue weighted by Gasteiger charge is 2.45. The molecule has 2 aliphatic heterocycles. The quantitative estimate of drug-likeness (QED) is 0.159. The zero-order valence-corrected chi connectivity index (χ0v) is 23.5. The molecule has 0 bridgehead atoms. The molecule has 2 aromatic carbocycles. The Morgan fingerprint density at radius 1 is 0.659 bits per heavy atom. The first-order valence-corrected chi connectivity index (χ1v) is 13.4. The predicted octanol–water partition coefficient (Wildman–Crippen LogP) is -1.00. The van der Waals surface area contributed by atoms with E-state index in [1.807, 2.05) is 0 Å². The molecule has 1 aromatic heterocycles. The van der Waals surface area contributed by atoms with Crippen LogP contribution in [0.4, 0.5) is 0 Å². The van der Waals surface area contributed by atoms with Gasteiger partial charge in [0.25, 0.3) is 0 Å². The van der Waals surface area contributed by atoms with Gasteiger partial charge in [0.15, 0.2) is 17.3 Å². The fraction of sp³-hybridized carbons (Fsp3) is 0.464. The molecule has 2 saturated heterocycles. The fourth-order valence-electron chi connectivity index (χ4n) is 5.03. The molecule has 0 aliphatic carbocycles. The third-order valence-corrected chi connectivity index (χ3v) is 7.53. The van der Waals surface area contributed by atoms with E-state index in [1.165, 1.54) is 21.0 Å². The highest BCUT2D eigenvalue weighted by Crippen LogP contribution is 2.44. The number of phenols is 3. The molecule has 240 valence electrons. The summed E-state index contributed by atoms with van der Waals surface area (Å²) in [7, 11) is 1.19. The van der Waals surface area contributed by atoms with Gasteiger partial charge in [-0.15, -0.1) is 0 Å². The molecule has 44 heavy (non-hydrogen) atoms. The summed E-state index contributed by atoms with van der Waals surface area (Å²) in [5, 5.41) is 92.4. The van der Waals surface area contributed by atoms with Crippen molar-refractivity contribution >= 4 is 11.0 Å². The molecule has 10 atom stereocenters. The van der Waals surface area contributed by atoms with E-state index >= 15 is 0 Å². The molecule has 0 radical (unpaired) electrons. The van der Waals surface area contributed by atoms with Gasteiger partial charge < -0.3 is 74.1 Å². The molecule has 3 heterocycles. The molecule has 2 fully saturated rings. The van der Waals surface area contributed by atoms with Crippen molar-refractivity contribution in [1.29, 1.82) is 0 Å². The number of fused-ring (bicyclic) bond motifs is 1. The summed E-state index contributed by atoms with van der Waals surface area (Å²) < 4.78 is 33.0. The largest absolute Gasteiger partial charge is 0.507 e. The predicted molar refractivity (Wildman–Crippen MR) is 145 cm³/mol. The second-order valence-corrected chi connectivity index (χ2v) is 10.6. The van der Waals surface area contributed by atoms with Gasteiger partial charge in [-0.3, -0.25) is 4.79 Å². The smallest absolute Gasteiger partial charge is 0.239 e. The van der Waals surface area contributed by atoms with Gasteiger partial charge in [0.05, 0.1) is 19.3 Å². The topological polar surface area (TPSA) is 258 Å². The first kappa shape index (κ1) is 31.6. The summed E-state index contributed by atoms with van der Waals surface area (Å²) in [4.78, 5) is 13.8. The van der Waals surface area contributed by atoms with Gasteiger partial charge in [0.1, 0.15) is 59.1 Å². The van der Waals surface area contributed by atoms with Crippen molar-refractivity contribution in [3.8, 4) is 45.8 Å². The summed E-state index contributed by atoms with van der Waals surface area (Å²) in [6.45, 7) is 2.83. The lowest BCUT2D eigenvalue weighted by molar-refractivity contribution is -0.268. The maximum atomic E-state index is 13.8. The second kappa shape index (κ2) is 11.9. The number of rotatable bonds is 6. The molecule has 5 rings (SSSR count). The Hall–Kier alpha value is -3.87. The van der Waals surface area contributed by atoms with Gasteiger partial charge in [0, 0.05) is 17.7 Å². The van der Waals surface area contributed by atoms with Gasteiger partial charge in [-0.25, -0.2) is 0 Å². The number of benzene rings is 2. The van der Waals surface area contributed by atoms with E-state index in [0.29, 0.717) is 0 Å². The number of methoxy groups -OCH3 is 1. The summed E-state index contributed by atoms with van der Waals surface area (Å²) >= 11 is 0. The van der Waals surface area contributed by atoms with E-state index in [2.05, 4.69) is 0 Å². The Morgan fingerprint density at radius 3 is 1.70 bits per heavy atom. The van der Waals surface area contributed by atoms with Gasteiger partial charge in [0.2, 0.25) is 29.5 Å². The zero-order chi connectivity index (χ0) is 32.2. The minimum Gasteiger partial charge on any atom is -0.507 e. The third kappa shape index (κ3) is 5.46. The van der Waals surface area contributed by atoms with Crippen molar-refractivity contribution in [2.24, 2.45) is 0 Å². The van der Waals surface area contributed by atoms with Crippen molar-refractivity contribution in [2.75, 3.05) is 7.11 Å². The highest BCUT2D eigenvalue weighted by molar-refractivity contribution is 5.88. The molecule has 0 saturated carbocycles. The van der Waals surface area contributed by atoms with E-state index in [9.17, 15) is 50.8 Å². The van der Waals surface area contributed by atoms with Crippen LogP contribution in [0.3, 0.4) is 0 Å². The van der Waals surface area contributed by atoms with Crippen LogP contribution in [0, 0.1) is 0 Å². The lowest BCUT2D eigenvalue weighted by Crippen LogP contribution is -2.58. The van der Waals surface area contributed by atoms with Gasteiger partial charge in [-0.2, -0.15) is 0 Å². The van der Waals surface area contributed by atoms with Crippen LogP contribution in [0.1, 0.15) is 13.8 Å². The number of aliphatic hydroxyl groups excluding tert-OH is 6. The van der Waals surface area contributed by atoms with E-state index in [4.69, 9.17) is 28.1 Å². The number of hydrogen-bond acceptors (Lipinski definition) is 16. The van der Waals surface area contributed by atoms with Gasteiger partial charge >= 0.3 is 0 Å². The first-order chi connectivity index (χ1) is 20.7. The minimum absolute atomic E-state index is 0.142. The van der Waals surface area contributed by atoms with Gasteiger partial charge in [-0.1, -0.05) is 0 Å². The standard InChI is InChI=1S/C28H32O16/c1-8-17(32)20(35)22(37)27(40-8)42-11-6-12(29)16-15(7-11)43-24(10-4-13(30)25(39-3)14(31)5-10)26(19(16)34)44-28-23(38)21(36)18(33)9(2)41-28/h4-9,17-18,20-23,27-33,35-38H,1-3H3/t8-,9+,17+,18+,20+,21-,22-,23+,27+,28+/m1/s1. The lowest BCUT2D eigenvalue weighted by Gasteiger charge is -2.39. The summed E-state index contributed by atoms with van der Waals surface area (Å²) in [5.41, 5.74) is -1.49. The Balaban J connectivity index is 1.64.